The molecule has 0 N–H and O–H groups in total. The molecule has 0 aromatic heterocycles. The van der Waals surface area contributed by atoms with Gasteiger partial charge >= 0.3 is 0 Å². The van der Waals surface area contributed by atoms with Gasteiger partial charge in [-0.2, -0.15) is 0 Å². The first-order chi connectivity index (χ1) is 13.5. The summed E-state index contributed by atoms with van der Waals surface area (Å²) in [6.45, 7) is 3.38. The third kappa shape index (κ3) is 4.46. The van der Waals surface area contributed by atoms with E-state index in [0.717, 1.165) is 36.3 Å². The van der Waals surface area contributed by atoms with Crippen molar-refractivity contribution in [3.05, 3.63) is 65.5 Å². The molecular weight excluding hydrogens is 393 g/mol. The summed E-state index contributed by atoms with van der Waals surface area (Å²) in [6, 6.07) is 13.8. The summed E-state index contributed by atoms with van der Waals surface area (Å²) in [5.41, 5.74) is 1.62. The highest BCUT2D eigenvalue weighted by Crippen LogP contribution is 2.41. The lowest BCUT2D eigenvalue weighted by molar-refractivity contribution is -0.125. The molecule has 4 rings (SSSR count). The molecule has 2 aromatic carbocycles. The molecule has 1 aliphatic carbocycles. The van der Waals surface area contributed by atoms with Crippen LogP contribution in [0.4, 0.5) is 4.39 Å². The van der Waals surface area contributed by atoms with Crippen molar-refractivity contribution in [2.75, 3.05) is 13.1 Å². The van der Waals surface area contributed by atoms with Gasteiger partial charge in [-0.25, -0.2) is 4.39 Å². The van der Waals surface area contributed by atoms with Crippen molar-refractivity contribution in [3.63, 3.8) is 0 Å². The van der Waals surface area contributed by atoms with Gasteiger partial charge in [0.1, 0.15) is 16.6 Å². The van der Waals surface area contributed by atoms with Gasteiger partial charge in [-0.15, -0.1) is 0 Å². The van der Waals surface area contributed by atoms with Crippen molar-refractivity contribution in [3.8, 4) is 0 Å². The zero-order valence-corrected chi connectivity index (χ0v) is 17.5. The molecule has 1 aliphatic heterocycles. The van der Waals surface area contributed by atoms with Crippen LogP contribution in [0.25, 0.3) is 0 Å². The molecule has 0 spiro atoms. The molecule has 3 unspecified atom stereocenters. The molecule has 3 atom stereocenters. The van der Waals surface area contributed by atoms with Crippen molar-refractivity contribution >= 4 is 26.8 Å². The van der Waals surface area contributed by atoms with Crippen molar-refractivity contribution in [2.24, 2.45) is 5.92 Å². The molecule has 2 aliphatic rings. The minimum Gasteiger partial charge on any atom is -0.600 e. The van der Waals surface area contributed by atoms with Crippen LogP contribution in [0.2, 0.25) is 0 Å². The summed E-state index contributed by atoms with van der Waals surface area (Å²) in [6.07, 6.45) is 2.67. The van der Waals surface area contributed by atoms with E-state index in [1.54, 1.807) is 18.2 Å². The molecule has 2 aromatic rings. The molecule has 1 saturated carbocycles. The van der Waals surface area contributed by atoms with Gasteiger partial charge < -0.3 is 4.55 Å². The number of benzene rings is 2. The number of aryl methyl sites for hydroxylation is 1. The highest BCUT2D eigenvalue weighted by molar-refractivity contribution is 8.72. The summed E-state index contributed by atoms with van der Waals surface area (Å²) >= 11 is 0. The van der Waals surface area contributed by atoms with E-state index >= 15 is 0 Å². The van der Waals surface area contributed by atoms with Crippen LogP contribution in [-0.4, -0.2) is 33.6 Å². The maximum atomic E-state index is 14.5. The first-order valence-electron chi connectivity index (χ1n) is 9.70. The maximum Gasteiger partial charge on any atom is 0.165 e. The molecule has 1 heterocycles. The molecule has 28 heavy (non-hydrogen) atoms. The molecule has 2 fully saturated rings. The van der Waals surface area contributed by atoms with Crippen LogP contribution in [0, 0.1) is 18.7 Å². The number of halogens is 1. The quantitative estimate of drug-likeness (QED) is 0.484. The van der Waals surface area contributed by atoms with Crippen LogP contribution in [-0.2, 0) is 15.0 Å². The molecule has 148 valence electrons. The summed E-state index contributed by atoms with van der Waals surface area (Å²) < 4.78 is 27.2. The second kappa shape index (κ2) is 8.57. The fraction of sp³-hybridized carbons (Fsp3) is 0.409. The van der Waals surface area contributed by atoms with Gasteiger partial charge in [-0.05, 0) is 44.4 Å². The molecule has 0 bridgehead atoms. The molecule has 0 amide bonds. The largest absolute Gasteiger partial charge is 0.600 e. The van der Waals surface area contributed by atoms with Crippen molar-refractivity contribution in [1.29, 1.82) is 0 Å². The number of likely N-dealkylation sites (tertiary alicyclic amines) is 1. The topological polar surface area (TPSA) is 43.4 Å². The first-order valence-corrected chi connectivity index (χ1v) is 12.3. The fourth-order valence-corrected chi connectivity index (χ4v) is 6.76. The zero-order valence-electron chi connectivity index (χ0n) is 15.8. The van der Waals surface area contributed by atoms with Gasteiger partial charge in [-0.3, -0.25) is 9.69 Å². The maximum absolute atomic E-state index is 14.5. The lowest BCUT2D eigenvalue weighted by atomic mass is 9.98. The molecule has 6 heteroatoms. The number of nitrogens with zero attached hydrogens (tertiary/aromatic N) is 1. The second-order valence-electron chi connectivity index (χ2n) is 7.65. The average Bonchev–Trinajstić information content (AvgIpc) is 3.44. The van der Waals surface area contributed by atoms with E-state index < -0.39 is 16.2 Å². The number of carbonyl (C=O) groups excluding carboxylic acids is 1. The molecule has 1 saturated heterocycles. The normalized spacial score (nSPS) is 22.2. The molecular formula is C22H24FNO2S2. The van der Waals surface area contributed by atoms with Crippen molar-refractivity contribution in [1.82, 2.24) is 4.90 Å². The monoisotopic (exact) mass is 417 g/mol. The fourth-order valence-electron chi connectivity index (χ4n) is 3.71. The third-order valence-electron chi connectivity index (χ3n) is 5.43. The predicted octanol–water partition coefficient (Wildman–Crippen LogP) is 4.68. The van der Waals surface area contributed by atoms with Crippen LogP contribution < -0.4 is 0 Å². The van der Waals surface area contributed by atoms with Gasteiger partial charge in [0.15, 0.2) is 10.7 Å². The van der Waals surface area contributed by atoms with Gasteiger partial charge in [-0.1, -0.05) is 35.9 Å². The third-order valence-corrected chi connectivity index (χ3v) is 8.83. The van der Waals surface area contributed by atoms with Crippen molar-refractivity contribution < 1.29 is 13.7 Å². The van der Waals surface area contributed by atoms with Gasteiger partial charge in [0, 0.05) is 24.6 Å². The van der Waals surface area contributed by atoms with Crippen LogP contribution in [0.3, 0.4) is 0 Å². The molecule has 3 nitrogen and oxygen atoms in total. The summed E-state index contributed by atoms with van der Waals surface area (Å²) in [7, 11) is 0.313. The average molecular weight is 418 g/mol. The lowest BCUT2D eigenvalue weighted by Crippen LogP contribution is -2.34. The van der Waals surface area contributed by atoms with E-state index in [0.29, 0.717) is 12.1 Å². The number of rotatable bonds is 7. The Bertz CT molecular complexity index is 841. The zero-order chi connectivity index (χ0) is 19.7. The van der Waals surface area contributed by atoms with Crippen LogP contribution in [0.1, 0.15) is 36.4 Å². The van der Waals surface area contributed by atoms with Crippen LogP contribution in [0.5, 0.6) is 0 Å². The second-order valence-corrected chi connectivity index (χ2v) is 10.9. The number of ketones is 1. The highest BCUT2D eigenvalue weighted by Gasteiger charge is 2.42. The Morgan fingerprint density at radius 1 is 1.18 bits per heavy atom. The molecule has 0 radical (unpaired) electrons. The number of Topliss-reactive ketones (excluding diaryl/α,β-unsaturated/α-hetero) is 1. The summed E-state index contributed by atoms with van der Waals surface area (Å²) in [5, 5.41) is 0.170. The Labute approximate surface area is 172 Å². The minimum absolute atomic E-state index is 0.0676. The summed E-state index contributed by atoms with van der Waals surface area (Å²) in [4.78, 5) is 15.9. The SMILES string of the molecule is Cc1ccc([S+]([O-])SC2CCN(C(C(=O)C3CC3)c3ccccc3F)C2)cc1. The highest BCUT2D eigenvalue weighted by atomic mass is 33.1. The Morgan fingerprint density at radius 3 is 2.57 bits per heavy atom. The Hall–Kier alpha value is -1.34. The lowest BCUT2D eigenvalue weighted by Gasteiger charge is -2.27. The smallest absolute Gasteiger partial charge is 0.165 e. The Morgan fingerprint density at radius 2 is 1.89 bits per heavy atom. The Balaban J connectivity index is 1.46. The van der Waals surface area contributed by atoms with Crippen LogP contribution in [0.15, 0.2) is 53.4 Å². The number of hydrogen-bond donors (Lipinski definition) is 0. The van der Waals surface area contributed by atoms with Gasteiger partial charge in [0.05, 0.1) is 21.5 Å². The van der Waals surface area contributed by atoms with Gasteiger partial charge in [0.2, 0.25) is 0 Å². The van der Waals surface area contributed by atoms with E-state index in [1.807, 2.05) is 31.2 Å². The predicted molar refractivity (Wildman–Crippen MR) is 112 cm³/mol. The minimum atomic E-state index is -1.13. The number of hydrogen-bond acceptors (Lipinski definition) is 4. The number of carbonyl (C=O) groups is 1. The van der Waals surface area contributed by atoms with E-state index in [2.05, 4.69) is 4.90 Å². The van der Waals surface area contributed by atoms with E-state index in [4.69, 9.17) is 0 Å². The summed E-state index contributed by atoms with van der Waals surface area (Å²) in [5.74, 6) is -0.116. The van der Waals surface area contributed by atoms with E-state index in [-0.39, 0.29) is 22.8 Å². The first kappa shape index (κ1) is 20.0. The van der Waals surface area contributed by atoms with E-state index in [9.17, 15) is 13.7 Å². The van der Waals surface area contributed by atoms with Crippen LogP contribution >= 0.6 is 10.8 Å². The van der Waals surface area contributed by atoms with Gasteiger partial charge in [0.25, 0.3) is 0 Å². The van der Waals surface area contributed by atoms with E-state index in [1.165, 1.54) is 16.9 Å². The standard InChI is InChI=1S/C22H24FNO2S2/c1-15-6-10-18(11-7-15)28(26)27-17-12-13-24(14-17)21(22(25)16-8-9-16)19-4-2-3-5-20(19)23/h2-7,10-11,16-17,21H,8-9,12-14H2,1H3. The van der Waals surface area contributed by atoms with Crippen molar-refractivity contribution in [2.45, 2.75) is 42.4 Å². The Kier molecular flexibility index (Phi) is 6.11.